The van der Waals surface area contributed by atoms with Crippen LogP contribution in [0.3, 0.4) is 0 Å². The van der Waals surface area contributed by atoms with Crippen molar-refractivity contribution in [2.45, 2.75) is 6.54 Å². The first-order chi connectivity index (χ1) is 9.36. The maximum atomic E-state index is 5.65. The van der Waals surface area contributed by atoms with Crippen LogP contribution in [0.2, 0.25) is 0 Å². The van der Waals surface area contributed by atoms with E-state index in [9.17, 15) is 0 Å². The summed E-state index contributed by atoms with van der Waals surface area (Å²) in [4.78, 5) is 8.78. The highest BCUT2D eigenvalue weighted by Crippen LogP contribution is 2.31. The molecule has 94 valence electrons. The number of benzene rings is 1. The van der Waals surface area contributed by atoms with E-state index in [2.05, 4.69) is 37.9 Å². The van der Waals surface area contributed by atoms with Crippen LogP contribution in [0.25, 0.3) is 27.1 Å². The fourth-order valence-corrected chi connectivity index (χ4v) is 3.30. The molecule has 1 aromatic carbocycles. The second kappa shape index (κ2) is 3.94. The minimum Gasteiger partial charge on any atom is -0.360 e. The first-order valence-corrected chi connectivity index (χ1v) is 6.97. The number of hydrogen-bond acceptors (Lipinski definition) is 3. The van der Waals surface area contributed by atoms with Crippen molar-refractivity contribution in [1.29, 1.82) is 0 Å². The number of para-hydroxylation sites is 1. The van der Waals surface area contributed by atoms with Crippen molar-refractivity contribution in [3.63, 3.8) is 0 Å². The molecule has 19 heavy (non-hydrogen) atoms. The summed E-state index contributed by atoms with van der Waals surface area (Å²) < 4.78 is 2.11. The van der Waals surface area contributed by atoms with Crippen LogP contribution >= 0.6 is 11.3 Å². The number of nitrogens with zero attached hydrogens (tertiary/aromatic N) is 2. The Kier molecular flexibility index (Phi) is 2.24. The highest BCUT2D eigenvalue weighted by Gasteiger charge is 2.12. The van der Waals surface area contributed by atoms with Crippen LogP contribution in [-0.4, -0.2) is 14.4 Å². The van der Waals surface area contributed by atoms with E-state index in [4.69, 9.17) is 5.73 Å². The SMILES string of the molecule is NCc1cn2c(-c3c[nH]c4ccccc34)csc2n1. The summed E-state index contributed by atoms with van der Waals surface area (Å²) in [7, 11) is 0. The minimum absolute atomic E-state index is 0.474. The largest absolute Gasteiger partial charge is 0.360 e. The Labute approximate surface area is 113 Å². The van der Waals surface area contributed by atoms with Gasteiger partial charge in [-0.05, 0) is 6.07 Å². The number of thiazole rings is 1. The molecule has 0 radical (unpaired) electrons. The third-order valence-corrected chi connectivity index (χ3v) is 4.17. The van der Waals surface area contributed by atoms with Gasteiger partial charge in [-0.2, -0.15) is 0 Å². The van der Waals surface area contributed by atoms with Crippen LogP contribution in [0.4, 0.5) is 0 Å². The van der Waals surface area contributed by atoms with Gasteiger partial charge in [-0.25, -0.2) is 4.98 Å². The lowest BCUT2D eigenvalue weighted by atomic mass is 10.1. The summed E-state index contributed by atoms with van der Waals surface area (Å²) in [6.07, 6.45) is 4.07. The Hall–Kier alpha value is -2.11. The number of hydrogen-bond donors (Lipinski definition) is 2. The van der Waals surface area contributed by atoms with Crippen LogP contribution in [0, 0.1) is 0 Å². The number of fused-ring (bicyclic) bond motifs is 2. The van der Waals surface area contributed by atoms with Crippen molar-refractivity contribution in [3.05, 3.63) is 47.7 Å². The maximum absolute atomic E-state index is 5.65. The first kappa shape index (κ1) is 10.8. The van der Waals surface area contributed by atoms with Crippen LogP contribution in [0.15, 0.2) is 42.0 Å². The van der Waals surface area contributed by atoms with Gasteiger partial charge in [0.25, 0.3) is 0 Å². The fraction of sp³-hybridized carbons (Fsp3) is 0.0714. The van der Waals surface area contributed by atoms with E-state index in [1.54, 1.807) is 11.3 Å². The van der Waals surface area contributed by atoms with E-state index in [0.29, 0.717) is 6.54 Å². The maximum Gasteiger partial charge on any atom is 0.194 e. The van der Waals surface area contributed by atoms with E-state index in [1.807, 2.05) is 18.5 Å². The molecule has 0 atom stereocenters. The van der Waals surface area contributed by atoms with Crippen LogP contribution in [-0.2, 0) is 6.54 Å². The molecule has 0 spiro atoms. The number of rotatable bonds is 2. The van der Waals surface area contributed by atoms with Gasteiger partial charge in [0, 0.05) is 40.8 Å². The van der Waals surface area contributed by atoms with E-state index in [0.717, 1.165) is 21.9 Å². The first-order valence-electron chi connectivity index (χ1n) is 6.09. The highest BCUT2D eigenvalue weighted by molar-refractivity contribution is 7.15. The van der Waals surface area contributed by atoms with Gasteiger partial charge in [0.2, 0.25) is 0 Å². The summed E-state index contributed by atoms with van der Waals surface area (Å²) in [6.45, 7) is 0.474. The molecule has 4 rings (SSSR count). The zero-order valence-electron chi connectivity index (χ0n) is 10.1. The molecule has 0 fully saturated rings. The summed E-state index contributed by atoms with van der Waals surface area (Å²) in [6, 6.07) is 8.31. The summed E-state index contributed by atoms with van der Waals surface area (Å²) in [5.74, 6) is 0. The molecule has 0 aliphatic heterocycles. The number of H-pyrrole nitrogens is 1. The van der Waals surface area contributed by atoms with Gasteiger partial charge >= 0.3 is 0 Å². The zero-order chi connectivity index (χ0) is 12.8. The number of aromatic nitrogens is 3. The fourth-order valence-electron chi connectivity index (χ4n) is 2.41. The molecule has 3 aromatic heterocycles. The normalized spacial score (nSPS) is 11.6. The molecule has 0 unspecified atom stereocenters. The number of imidazole rings is 1. The van der Waals surface area contributed by atoms with E-state index < -0.39 is 0 Å². The number of aromatic amines is 1. The van der Waals surface area contributed by atoms with Crippen LogP contribution in [0.5, 0.6) is 0 Å². The third kappa shape index (κ3) is 1.52. The van der Waals surface area contributed by atoms with Gasteiger partial charge in [-0.15, -0.1) is 11.3 Å². The lowest BCUT2D eigenvalue weighted by molar-refractivity contribution is 1.02. The van der Waals surface area contributed by atoms with Crippen molar-refractivity contribution in [2.75, 3.05) is 0 Å². The predicted molar refractivity (Wildman–Crippen MR) is 78.3 cm³/mol. The molecule has 0 saturated carbocycles. The number of nitrogens with two attached hydrogens (primary N) is 1. The minimum atomic E-state index is 0.474. The zero-order valence-corrected chi connectivity index (χ0v) is 10.9. The lowest BCUT2D eigenvalue weighted by Gasteiger charge is -1.97. The van der Waals surface area contributed by atoms with Crippen molar-refractivity contribution in [2.24, 2.45) is 5.73 Å². The topological polar surface area (TPSA) is 59.1 Å². The molecule has 3 heterocycles. The smallest absolute Gasteiger partial charge is 0.194 e. The van der Waals surface area contributed by atoms with Gasteiger partial charge in [0.05, 0.1) is 11.4 Å². The Morgan fingerprint density at radius 2 is 2.21 bits per heavy atom. The molecule has 5 heteroatoms. The van der Waals surface area contributed by atoms with Gasteiger partial charge in [0.1, 0.15) is 0 Å². The molecule has 0 aliphatic carbocycles. The second-order valence-corrected chi connectivity index (χ2v) is 5.29. The van der Waals surface area contributed by atoms with Gasteiger partial charge in [0.15, 0.2) is 4.96 Å². The van der Waals surface area contributed by atoms with Crippen molar-refractivity contribution < 1.29 is 0 Å². The van der Waals surface area contributed by atoms with Crippen molar-refractivity contribution in [1.82, 2.24) is 14.4 Å². The van der Waals surface area contributed by atoms with Gasteiger partial charge < -0.3 is 10.7 Å². The Bertz CT molecular complexity index is 868. The standard InChI is InChI=1S/C14H12N4S/c15-5-9-7-18-13(8-19-14(18)17-9)11-6-16-12-4-2-1-3-10(11)12/h1-4,6-8,16H,5,15H2. The third-order valence-electron chi connectivity index (χ3n) is 3.33. The summed E-state index contributed by atoms with van der Waals surface area (Å²) in [5, 5.41) is 3.36. The molecule has 0 aliphatic rings. The second-order valence-electron chi connectivity index (χ2n) is 4.46. The molecule has 3 N–H and O–H groups in total. The monoisotopic (exact) mass is 268 g/mol. The van der Waals surface area contributed by atoms with E-state index in [1.165, 1.54) is 10.9 Å². The van der Waals surface area contributed by atoms with Crippen molar-refractivity contribution >= 4 is 27.2 Å². The quantitative estimate of drug-likeness (QED) is 0.587. The van der Waals surface area contributed by atoms with Crippen molar-refractivity contribution in [3.8, 4) is 11.3 Å². The van der Waals surface area contributed by atoms with Gasteiger partial charge in [-0.1, -0.05) is 18.2 Å². The average molecular weight is 268 g/mol. The van der Waals surface area contributed by atoms with E-state index >= 15 is 0 Å². The predicted octanol–water partition coefficient (Wildman–Crippen LogP) is 3.00. The lowest BCUT2D eigenvalue weighted by Crippen LogP contribution is -1.95. The summed E-state index contributed by atoms with van der Waals surface area (Å²) >= 11 is 1.64. The van der Waals surface area contributed by atoms with Crippen LogP contribution in [0.1, 0.15) is 5.69 Å². The average Bonchev–Trinajstić information content (AvgIpc) is 3.10. The number of nitrogens with one attached hydrogen (secondary N) is 1. The molecule has 4 nitrogen and oxygen atoms in total. The van der Waals surface area contributed by atoms with Crippen LogP contribution < -0.4 is 5.73 Å². The van der Waals surface area contributed by atoms with E-state index in [-0.39, 0.29) is 0 Å². The molecular formula is C14H12N4S. The Balaban J connectivity index is 2.00. The Morgan fingerprint density at radius 3 is 3.11 bits per heavy atom. The Morgan fingerprint density at radius 1 is 1.32 bits per heavy atom. The van der Waals surface area contributed by atoms with Gasteiger partial charge in [-0.3, -0.25) is 4.40 Å². The summed E-state index contributed by atoms with van der Waals surface area (Å²) in [5.41, 5.74) is 10.1. The molecule has 4 aromatic rings. The molecule has 0 amide bonds. The highest BCUT2D eigenvalue weighted by atomic mass is 32.1. The molecular weight excluding hydrogens is 256 g/mol. The molecule has 0 bridgehead atoms. The molecule has 0 saturated heterocycles.